The Morgan fingerprint density at radius 2 is 1.87 bits per heavy atom. The first kappa shape index (κ1) is 16.2. The average Bonchev–Trinajstić information content (AvgIpc) is 2.39. The molecule has 5 heteroatoms. The lowest BCUT2D eigenvalue weighted by molar-refractivity contribution is -0.123. The second kappa shape index (κ2) is 5.64. The van der Waals surface area contributed by atoms with E-state index in [1.165, 1.54) is 32.1 Å². The van der Waals surface area contributed by atoms with Crippen LogP contribution in [0.15, 0.2) is 18.2 Å². The molecule has 0 aromatic heterocycles. The molecule has 5 rings (SSSR count). The minimum absolute atomic E-state index is 0.0986. The lowest BCUT2D eigenvalue weighted by Crippen LogP contribution is -2.53. The number of hydrogen-bond donors (Lipinski definition) is 1. The predicted molar refractivity (Wildman–Crippen MR) is 98.5 cm³/mol. The van der Waals surface area contributed by atoms with E-state index in [9.17, 15) is 4.79 Å². The lowest BCUT2D eigenvalue weighted by atomic mass is 9.48. The maximum atomic E-state index is 12.6. The maximum Gasteiger partial charge on any atom is 0.224 e. The van der Waals surface area contributed by atoms with E-state index in [0.717, 1.165) is 23.9 Å². The molecule has 1 N–H and O–H groups in total. The van der Waals surface area contributed by atoms with E-state index in [0.29, 0.717) is 20.8 Å². The van der Waals surface area contributed by atoms with Gasteiger partial charge in [0.1, 0.15) is 0 Å². The molecule has 4 aliphatic carbocycles. The highest BCUT2D eigenvalue weighted by Gasteiger charge is 2.57. The molecule has 1 aromatic rings. The van der Waals surface area contributed by atoms with Crippen LogP contribution in [0.1, 0.15) is 44.9 Å². The summed E-state index contributed by atoms with van der Waals surface area (Å²) < 4.78 is 0.293. The molecule has 4 bridgehead atoms. The van der Waals surface area contributed by atoms with Crippen LogP contribution in [0.3, 0.4) is 0 Å². The van der Waals surface area contributed by atoms with E-state index >= 15 is 0 Å². The molecule has 4 fully saturated rings. The van der Waals surface area contributed by atoms with Crippen LogP contribution >= 0.6 is 39.1 Å². The van der Waals surface area contributed by atoms with Crippen LogP contribution in [-0.4, -0.2) is 10.2 Å². The molecule has 4 aliphatic rings. The summed E-state index contributed by atoms with van der Waals surface area (Å²) in [4.78, 5) is 12.6. The Morgan fingerprint density at radius 1 is 1.17 bits per heavy atom. The number of benzene rings is 1. The molecule has 0 aliphatic heterocycles. The highest BCUT2D eigenvalue weighted by atomic mass is 79.9. The van der Waals surface area contributed by atoms with Crippen molar-refractivity contribution in [3.05, 3.63) is 28.2 Å². The van der Waals surface area contributed by atoms with Crippen LogP contribution in [0, 0.1) is 17.3 Å². The van der Waals surface area contributed by atoms with Crippen LogP contribution < -0.4 is 5.32 Å². The van der Waals surface area contributed by atoms with Gasteiger partial charge in [0.05, 0.1) is 10.0 Å². The highest BCUT2D eigenvalue weighted by Crippen LogP contribution is 2.65. The first-order chi connectivity index (χ1) is 10.8. The summed E-state index contributed by atoms with van der Waals surface area (Å²) in [5.41, 5.74) is 0.913. The lowest BCUT2D eigenvalue weighted by Gasteiger charge is -2.60. The van der Waals surface area contributed by atoms with Crippen molar-refractivity contribution in [2.45, 2.75) is 49.3 Å². The summed E-state index contributed by atoms with van der Waals surface area (Å²) in [6, 6.07) is 5.24. The SMILES string of the molecule is O=C(CC12CC3CC(CC(Br)(C3)C1)C2)Nc1ccc(Cl)c(Cl)c1. The Balaban J connectivity index is 1.47. The van der Waals surface area contributed by atoms with E-state index in [1.807, 2.05) is 0 Å². The molecular weight excluding hydrogens is 397 g/mol. The Labute approximate surface area is 155 Å². The fraction of sp³-hybridized carbons (Fsp3) is 0.611. The first-order valence-corrected chi connectivity index (χ1v) is 9.84. The topological polar surface area (TPSA) is 29.1 Å². The van der Waals surface area contributed by atoms with E-state index in [-0.39, 0.29) is 11.3 Å². The van der Waals surface area contributed by atoms with Gasteiger partial charge in [-0.15, -0.1) is 0 Å². The molecule has 0 radical (unpaired) electrons. The molecule has 0 heterocycles. The fourth-order valence-corrected chi connectivity index (χ4v) is 7.47. The highest BCUT2D eigenvalue weighted by molar-refractivity contribution is 9.10. The van der Waals surface area contributed by atoms with Gasteiger partial charge < -0.3 is 5.32 Å². The third kappa shape index (κ3) is 3.17. The third-order valence-corrected chi connectivity index (χ3v) is 7.52. The molecule has 1 amide bonds. The number of amides is 1. The quantitative estimate of drug-likeness (QED) is 0.596. The summed E-state index contributed by atoms with van der Waals surface area (Å²) in [5.74, 6) is 1.70. The molecule has 23 heavy (non-hydrogen) atoms. The van der Waals surface area contributed by atoms with Crippen molar-refractivity contribution in [3.8, 4) is 0 Å². The molecule has 4 saturated carbocycles. The Morgan fingerprint density at radius 3 is 2.48 bits per heavy atom. The number of halogens is 3. The summed E-state index contributed by atoms with van der Waals surface area (Å²) in [6.07, 6.45) is 8.13. The summed E-state index contributed by atoms with van der Waals surface area (Å²) in [5, 5.41) is 3.98. The minimum atomic E-state index is 0.0986. The average molecular weight is 417 g/mol. The van der Waals surface area contributed by atoms with Gasteiger partial charge in [-0.25, -0.2) is 0 Å². The van der Waals surface area contributed by atoms with E-state index in [1.54, 1.807) is 18.2 Å². The molecule has 1 aromatic carbocycles. The number of carbonyl (C=O) groups excluding carboxylic acids is 1. The monoisotopic (exact) mass is 415 g/mol. The molecule has 2 nitrogen and oxygen atoms in total. The zero-order valence-corrected chi connectivity index (χ0v) is 16.0. The second-order valence-corrected chi connectivity index (χ2v) is 10.5. The standard InChI is InChI=1S/C18H20BrCl2NO/c19-18-7-11-3-12(8-18)6-17(5-11,10-18)9-16(23)22-13-1-2-14(20)15(21)4-13/h1-2,4,11-12H,3,5-10H2,(H,22,23). The maximum absolute atomic E-state index is 12.6. The largest absolute Gasteiger partial charge is 0.326 e. The Hall–Kier alpha value is -0.250. The van der Waals surface area contributed by atoms with E-state index < -0.39 is 0 Å². The fourth-order valence-electron chi connectivity index (χ4n) is 5.66. The number of rotatable bonds is 3. The molecule has 0 saturated heterocycles. The van der Waals surface area contributed by atoms with Gasteiger partial charge in [0, 0.05) is 16.4 Å². The smallest absolute Gasteiger partial charge is 0.224 e. The van der Waals surface area contributed by atoms with Crippen LogP contribution in [0.2, 0.25) is 10.0 Å². The van der Waals surface area contributed by atoms with Crippen molar-refractivity contribution >= 4 is 50.7 Å². The van der Waals surface area contributed by atoms with Crippen molar-refractivity contribution < 1.29 is 4.79 Å². The summed E-state index contributed by atoms with van der Waals surface area (Å²) in [6.45, 7) is 0. The van der Waals surface area contributed by atoms with Gasteiger partial charge in [0.2, 0.25) is 5.91 Å². The van der Waals surface area contributed by atoms with Crippen molar-refractivity contribution in [1.82, 2.24) is 0 Å². The second-order valence-electron chi connectivity index (χ2n) is 7.97. The Kier molecular flexibility index (Phi) is 3.98. The van der Waals surface area contributed by atoms with Gasteiger partial charge in [-0.05, 0) is 74.0 Å². The molecular formula is C18H20BrCl2NO. The number of carbonyl (C=O) groups is 1. The van der Waals surface area contributed by atoms with Crippen LogP contribution in [-0.2, 0) is 4.79 Å². The van der Waals surface area contributed by atoms with Gasteiger partial charge in [-0.3, -0.25) is 4.79 Å². The van der Waals surface area contributed by atoms with Gasteiger partial charge >= 0.3 is 0 Å². The van der Waals surface area contributed by atoms with Crippen molar-refractivity contribution in [2.24, 2.45) is 17.3 Å². The molecule has 2 atom stereocenters. The van der Waals surface area contributed by atoms with Gasteiger partial charge in [-0.2, -0.15) is 0 Å². The summed E-state index contributed by atoms with van der Waals surface area (Å²) >= 11 is 16.0. The minimum Gasteiger partial charge on any atom is -0.326 e. The third-order valence-electron chi connectivity index (χ3n) is 5.85. The molecule has 124 valence electrons. The van der Waals surface area contributed by atoms with Crippen molar-refractivity contribution in [2.75, 3.05) is 5.32 Å². The zero-order valence-electron chi connectivity index (χ0n) is 12.9. The molecule has 0 spiro atoms. The van der Waals surface area contributed by atoms with Gasteiger partial charge in [0.15, 0.2) is 0 Å². The Bertz CT molecular complexity index is 648. The van der Waals surface area contributed by atoms with Crippen LogP contribution in [0.4, 0.5) is 5.69 Å². The normalized spacial score (nSPS) is 37.9. The first-order valence-electron chi connectivity index (χ1n) is 8.29. The van der Waals surface area contributed by atoms with Gasteiger partial charge in [0.25, 0.3) is 0 Å². The molecule has 2 unspecified atom stereocenters. The van der Waals surface area contributed by atoms with Crippen molar-refractivity contribution in [1.29, 1.82) is 0 Å². The van der Waals surface area contributed by atoms with E-state index in [2.05, 4.69) is 21.2 Å². The number of alkyl halides is 1. The predicted octanol–water partition coefficient (Wildman–Crippen LogP) is 6.06. The van der Waals surface area contributed by atoms with Crippen molar-refractivity contribution in [3.63, 3.8) is 0 Å². The van der Waals surface area contributed by atoms with E-state index in [4.69, 9.17) is 23.2 Å². The van der Waals surface area contributed by atoms with Crippen LogP contribution in [0.25, 0.3) is 0 Å². The van der Waals surface area contributed by atoms with Gasteiger partial charge in [-0.1, -0.05) is 39.1 Å². The van der Waals surface area contributed by atoms with Crippen LogP contribution in [0.5, 0.6) is 0 Å². The number of nitrogens with one attached hydrogen (secondary N) is 1. The zero-order chi connectivity index (χ0) is 16.2. The number of anilines is 1. The number of hydrogen-bond acceptors (Lipinski definition) is 1. The summed E-state index contributed by atoms with van der Waals surface area (Å²) in [7, 11) is 0.